The van der Waals surface area contributed by atoms with Crippen molar-refractivity contribution in [2.45, 2.75) is 19.6 Å². The van der Waals surface area contributed by atoms with Crippen molar-refractivity contribution < 1.29 is 23.8 Å². The first kappa shape index (κ1) is 18.8. The largest absolute Gasteiger partial charge is 0.485 e. The molecule has 1 heterocycles. The molecule has 27 heavy (non-hydrogen) atoms. The van der Waals surface area contributed by atoms with Crippen LogP contribution in [0.4, 0.5) is 0 Å². The lowest BCUT2D eigenvalue weighted by molar-refractivity contribution is -0.148. The molecule has 0 saturated carbocycles. The Hall–Kier alpha value is -3.02. The monoisotopic (exact) mass is 369 g/mol. The van der Waals surface area contributed by atoms with Gasteiger partial charge in [0, 0.05) is 13.1 Å². The van der Waals surface area contributed by atoms with Crippen molar-refractivity contribution in [2.75, 3.05) is 20.3 Å². The Balaban J connectivity index is 1.76. The maximum Gasteiger partial charge on any atom is 0.310 e. The number of rotatable bonds is 6. The van der Waals surface area contributed by atoms with Crippen LogP contribution >= 0.6 is 0 Å². The predicted molar refractivity (Wildman–Crippen MR) is 99.4 cm³/mol. The van der Waals surface area contributed by atoms with Crippen molar-refractivity contribution in [1.82, 2.24) is 4.90 Å². The summed E-state index contributed by atoms with van der Waals surface area (Å²) in [6.45, 7) is 2.49. The molecule has 0 spiro atoms. The summed E-state index contributed by atoms with van der Waals surface area (Å²) < 4.78 is 16.3. The number of hydrogen-bond acceptors (Lipinski definition) is 5. The number of methoxy groups -OCH3 is 1. The van der Waals surface area contributed by atoms with E-state index < -0.39 is 12.0 Å². The standard InChI is InChI=1S/C21H23NO5/c1-15(21(24)25-2)12-22(13-16-8-4-3-5-9-16)20(23)19-14-26-17-10-6-7-11-18(17)27-19/h3-11,15,19H,12-14H2,1-2H3. The van der Waals surface area contributed by atoms with Crippen LogP contribution in [0.3, 0.4) is 0 Å². The minimum Gasteiger partial charge on any atom is -0.485 e. The molecule has 2 atom stereocenters. The van der Waals surface area contributed by atoms with Gasteiger partial charge in [-0.3, -0.25) is 9.59 Å². The number of ether oxygens (including phenoxy) is 3. The topological polar surface area (TPSA) is 65.1 Å². The van der Waals surface area contributed by atoms with Crippen LogP contribution < -0.4 is 9.47 Å². The maximum atomic E-state index is 13.1. The number of esters is 1. The molecule has 0 aliphatic carbocycles. The van der Waals surface area contributed by atoms with E-state index in [1.54, 1.807) is 24.0 Å². The molecule has 2 aromatic rings. The van der Waals surface area contributed by atoms with Crippen LogP contribution in [0.15, 0.2) is 54.6 Å². The summed E-state index contributed by atoms with van der Waals surface area (Å²) in [7, 11) is 1.34. The molecule has 6 nitrogen and oxygen atoms in total. The lowest BCUT2D eigenvalue weighted by Crippen LogP contribution is -2.48. The summed E-state index contributed by atoms with van der Waals surface area (Å²) in [5.41, 5.74) is 0.972. The Kier molecular flexibility index (Phi) is 5.96. The van der Waals surface area contributed by atoms with Gasteiger partial charge in [0.05, 0.1) is 13.0 Å². The Morgan fingerprint density at radius 3 is 2.48 bits per heavy atom. The highest BCUT2D eigenvalue weighted by atomic mass is 16.6. The number of nitrogens with zero attached hydrogens (tertiary/aromatic N) is 1. The third-order valence-electron chi connectivity index (χ3n) is 4.41. The third-order valence-corrected chi connectivity index (χ3v) is 4.41. The minimum absolute atomic E-state index is 0.133. The van der Waals surface area contributed by atoms with E-state index in [1.807, 2.05) is 42.5 Å². The molecule has 0 bridgehead atoms. The molecule has 1 aliphatic heterocycles. The minimum atomic E-state index is -0.756. The van der Waals surface area contributed by atoms with Gasteiger partial charge in [0.15, 0.2) is 11.5 Å². The first-order valence-corrected chi connectivity index (χ1v) is 8.87. The van der Waals surface area contributed by atoms with Crippen LogP contribution in [0.2, 0.25) is 0 Å². The fourth-order valence-corrected chi connectivity index (χ4v) is 2.99. The third kappa shape index (κ3) is 4.58. The van der Waals surface area contributed by atoms with Crippen LogP contribution in [-0.2, 0) is 20.9 Å². The second-order valence-electron chi connectivity index (χ2n) is 6.49. The van der Waals surface area contributed by atoms with E-state index in [4.69, 9.17) is 14.2 Å². The van der Waals surface area contributed by atoms with E-state index in [9.17, 15) is 9.59 Å². The van der Waals surface area contributed by atoms with Gasteiger partial charge in [-0.25, -0.2) is 0 Å². The highest BCUT2D eigenvalue weighted by Gasteiger charge is 2.32. The van der Waals surface area contributed by atoms with E-state index in [1.165, 1.54) is 7.11 Å². The Morgan fingerprint density at radius 1 is 1.11 bits per heavy atom. The zero-order chi connectivity index (χ0) is 19.2. The number of carbonyl (C=O) groups is 2. The van der Waals surface area contributed by atoms with Gasteiger partial charge in [0.1, 0.15) is 6.61 Å². The summed E-state index contributed by atoms with van der Waals surface area (Å²) in [6, 6.07) is 16.9. The van der Waals surface area contributed by atoms with Crippen LogP contribution in [0.5, 0.6) is 11.5 Å². The SMILES string of the molecule is COC(=O)C(C)CN(Cc1ccccc1)C(=O)C1COc2ccccc2O1. The fraction of sp³-hybridized carbons (Fsp3) is 0.333. The zero-order valence-corrected chi connectivity index (χ0v) is 15.5. The fourth-order valence-electron chi connectivity index (χ4n) is 2.99. The summed E-state index contributed by atoms with van der Waals surface area (Å²) in [4.78, 5) is 26.6. The average molecular weight is 369 g/mol. The van der Waals surface area contributed by atoms with E-state index in [0.29, 0.717) is 18.0 Å². The second-order valence-corrected chi connectivity index (χ2v) is 6.49. The Labute approximate surface area is 158 Å². The van der Waals surface area contributed by atoms with Gasteiger partial charge in [-0.2, -0.15) is 0 Å². The molecule has 0 radical (unpaired) electrons. The van der Waals surface area contributed by atoms with E-state index in [0.717, 1.165) is 5.56 Å². The van der Waals surface area contributed by atoms with Gasteiger partial charge in [-0.15, -0.1) is 0 Å². The van der Waals surface area contributed by atoms with Crippen LogP contribution in [0.25, 0.3) is 0 Å². The molecule has 0 N–H and O–H groups in total. The summed E-state index contributed by atoms with van der Waals surface area (Å²) in [5, 5.41) is 0. The van der Waals surface area contributed by atoms with Crippen molar-refractivity contribution in [3.8, 4) is 11.5 Å². The number of para-hydroxylation sites is 2. The number of amides is 1. The van der Waals surface area contributed by atoms with E-state index in [-0.39, 0.29) is 25.0 Å². The van der Waals surface area contributed by atoms with Gasteiger partial charge in [0.25, 0.3) is 5.91 Å². The van der Waals surface area contributed by atoms with E-state index >= 15 is 0 Å². The molecule has 1 amide bonds. The molecule has 3 rings (SSSR count). The molecule has 2 unspecified atom stereocenters. The van der Waals surface area contributed by atoms with Gasteiger partial charge in [-0.05, 0) is 17.7 Å². The second kappa shape index (κ2) is 8.58. The van der Waals surface area contributed by atoms with Gasteiger partial charge in [-0.1, -0.05) is 49.4 Å². The van der Waals surface area contributed by atoms with Gasteiger partial charge < -0.3 is 19.1 Å². The molecular formula is C21H23NO5. The van der Waals surface area contributed by atoms with Crippen LogP contribution in [0, 0.1) is 5.92 Å². The maximum absolute atomic E-state index is 13.1. The van der Waals surface area contributed by atoms with Crippen LogP contribution in [0.1, 0.15) is 12.5 Å². The molecule has 0 fully saturated rings. The van der Waals surface area contributed by atoms with Gasteiger partial charge in [0.2, 0.25) is 6.10 Å². The molecule has 2 aromatic carbocycles. The van der Waals surface area contributed by atoms with Crippen LogP contribution in [-0.4, -0.2) is 43.1 Å². The highest BCUT2D eigenvalue weighted by Crippen LogP contribution is 2.31. The Morgan fingerprint density at radius 2 is 1.78 bits per heavy atom. The molecular weight excluding hydrogens is 346 g/mol. The number of hydrogen-bond donors (Lipinski definition) is 0. The summed E-state index contributed by atoms with van der Waals surface area (Å²) in [5.74, 6) is 0.150. The van der Waals surface area contributed by atoms with Crippen molar-refractivity contribution in [3.63, 3.8) is 0 Å². The lowest BCUT2D eigenvalue weighted by Gasteiger charge is -2.31. The Bertz CT molecular complexity index is 792. The van der Waals surface area contributed by atoms with Crippen molar-refractivity contribution in [2.24, 2.45) is 5.92 Å². The number of fused-ring (bicyclic) bond motifs is 1. The highest BCUT2D eigenvalue weighted by molar-refractivity contribution is 5.82. The molecule has 1 aliphatic rings. The predicted octanol–water partition coefficient (Wildman–Crippen LogP) is 2.66. The van der Waals surface area contributed by atoms with Gasteiger partial charge >= 0.3 is 5.97 Å². The number of carbonyl (C=O) groups excluding carboxylic acids is 2. The normalized spacial score (nSPS) is 16.3. The molecule has 0 aromatic heterocycles. The first-order valence-electron chi connectivity index (χ1n) is 8.87. The molecule has 142 valence electrons. The molecule has 6 heteroatoms. The van der Waals surface area contributed by atoms with E-state index in [2.05, 4.69) is 0 Å². The number of benzene rings is 2. The zero-order valence-electron chi connectivity index (χ0n) is 15.5. The lowest BCUT2D eigenvalue weighted by atomic mass is 10.1. The quantitative estimate of drug-likeness (QED) is 0.733. The van der Waals surface area contributed by atoms with Crippen molar-refractivity contribution in [1.29, 1.82) is 0 Å². The smallest absolute Gasteiger partial charge is 0.310 e. The first-order chi connectivity index (χ1) is 13.1. The summed E-state index contributed by atoms with van der Waals surface area (Å²) >= 11 is 0. The molecule has 0 saturated heterocycles. The summed E-state index contributed by atoms with van der Waals surface area (Å²) in [6.07, 6.45) is -0.756. The van der Waals surface area contributed by atoms with Crippen molar-refractivity contribution >= 4 is 11.9 Å². The van der Waals surface area contributed by atoms with Crippen molar-refractivity contribution in [3.05, 3.63) is 60.2 Å². The average Bonchev–Trinajstić information content (AvgIpc) is 2.72.